The summed E-state index contributed by atoms with van der Waals surface area (Å²) in [5.41, 5.74) is 7.72. The van der Waals surface area contributed by atoms with E-state index >= 15 is 0 Å². The van der Waals surface area contributed by atoms with Gasteiger partial charge >= 0.3 is 0 Å². The highest BCUT2D eigenvalue weighted by Crippen LogP contribution is 2.28. The lowest BCUT2D eigenvalue weighted by atomic mass is 10.0. The minimum absolute atomic E-state index is 0.350. The van der Waals surface area contributed by atoms with Gasteiger partial charge in [-0.05, 0) is 51.0 Å². The van der Waals surface area contributed by atoms with Crippen LogP contribution < -0.4 is 0 Å². The largest absolute Gasteiger partial charge is 0.362 e. The van der Waals surface area contributed by atoms with Crippen LogP contribution in [-0.2, 0) is 0 Å². The second-order valence-corrected chi connectivity index (χ2v) is 5.14. The molecule has 2 heterocycles. The van der Waals surface area contributed by atoms with Gasteiger partial charge < -0.3 is 9.55 Å². The quantitative estimate of drug-likeness (QED) is 0.828. The zero-order chi connectivity index (χ0) is 13.4. The van der Waals surface area contributed by atoms with E-state index in [0.717, 1.165) is 0 Å². The molecule has 0 saturated carbocycles. The topological polar surface area (TPSA) is 20.7 Å². The third-order valence-electron chi connectivity index (χ3n) is 3.96. The Labute approximate surface area is 109 Å². The van der Waals surface area contributed by atoms with Crippen molar-refractivity contribution in [3.63, 3.8) is 0 Å². The molecule has 1 unspecified atom stereocenters. The Morgan fingerprint density at radius 1 is 1.17 bits per heavy atom. The molecule has 0 amide bonds. The van der Waals surface area contributed by atoms with Crippen LogP contribution >= 0.6 is 0 Å². The molecule has 2 aromatic rings. The van der Waals surface area contributed by atoms with Crippen LogP contribution in [0.5, 0.6) is 0 Å². The molecular weight excluding hydrogens is 220 g/mol. The standard InChI is InChI=1S/C16H22N2/c1-7-18-14(6)11(3)9-16(18)12(4)15-8-10(2)13(5)17-15/h7-9,12,17H,1H2,2-6H3. The van der Waals surface area contributed by atoms with Gasteiger partial charge in [0, 0.05) is 34.9 Å². The van der Waals surface area contributed by atoms with Gasteiger partial charge in [0.25, 0.3) is 0 Å². The molecule has 96 valence electrons. The molecule has 0 radical (unpaired) electrons. The lowest BCUT2D eigenvalue weighted by Gasteiger charge is -2.13. The first kappa shape index (κ1) is 12.7. The monoisotopic (exact) mass is 242 g/mol. The van der Waals surface area contributed by atoms with Crippen molar-refractivity contribution in [2.75, 3.05) is 0 Å². The number of aryl methyl sites for hydroxylation is 3. The summed E-state index contributed by atoms with van der Waals surface area (Å²) < 4.78 is 2.19. The van der Waals surface area contributed by atoms with E-state index in [1.807, 2.05) is 6.20 Å². The van der Waals surface area contributed by atoms with E-state index in [2.05, 4.69) is 62.9 Å². The molecule has 1 N–H and O–H groups in total. The highest BCUT2D eigenvalue weighted by Gasteiger charge is 2.17. The average Bonchev–Trinajstić information content (AvgIpc) is 2.81. The van der Waals surface area contributed by atoms with E-state index in [0.29, 0.717) is 5.92 Å². The Kier molecular flexibility index (Phi) is 3.20. The minimum Gasteiger partial charge on any atom is -0.362 e. The number of aromatic amines is 1. The maximum Gasteiger partial charge on any atom is 0.0369 e. The highest BCUT2D eigenvalue weighted by atomic mass is 15.0. The summed E-state index contributed by atoms with van der Waals surface area (Å²) in [5, 5.41) is 0. The Morgan fingerprint density at radius 2 is 1.83 bits per heavy atom. The first-order chi connectivity index (χ1) is 8.45. The fourth-order valence-electron chi connectivity index (χ4n) is 2.44. The van der Waals surface area contributed by atoms with Crippen molar-refractivity contribution in [2.24, 2.45) is 0 Å². The van der Waals surface area contributed by atoms with E-state index in [1.165, 1.54) is 33.9 Å². The summed E-state index contributed by atoms with van der Waals surface area (Å²) in [6.07, 6.45) is 1.90. The van der Waals surface area contributed by atoms with Gasteiger partial charge in [-0.15, -0.1) is 0 Å². The lowest BCUT2D eigenvalue weighted by molar-refractivity contribution is 0.809. The van der Waals surface area contributed by atoms with Gasteiger partial charge in [0.05, 0.1) is 0 Å². The fourth-order valence-corrected chi connectivity index (χ4v) is 2.44. The second kappa shape index (κ2) is 4.52. The predicted octanol–water partition coefficient (Wildman–Crippen LogP) is 4.30. The van der Waals surface area contributed by atoms with Crippen LogP contribution in [0, 0.1) is 27.7 Å². The number of nitrogens with one attached hydrogen (secondary N) is 1. The van der Waals surface area contributed by atoms with Crippen molar-refractivity contribution in [1.29, 1.82) is 0 Å². The van der Waals surface area contributed by atoms with Crippen molar-refractivity contribution < 1.29 is 0 Å². The Bertz CT molecular complexity index is 565. The summed E-state index contributed by atoms with van der Waals surface area (Å²) in [5.74, 6) is 0.350. The smallest absolute Gasteiger partial charge is 0.0369 e. The fraction of sp³-hybridized carbons (Fsp3) is 0.375. The van der Waals surface area contributed by atoms with Crippen LogP contribution in [0.1, 0.15) is 46.7 Å². The Hall–Kier alpha value is -1.70. The molecule has 0 aliphatic rings. The third kappa shape index (κ3) is 1.92. The molecule has 0 aliphatic heterocycles. The number of nitrogens with zero attached hydrogens (tertiary/aromatic N) is 1. The van der Waals surface area contributed by atoms with Gasteiger partial charge in [0.1, 0.15) is 0 Å². The Morgan fingerprint density at radius 3 is 2.33 bits per heavy atom. The SMILES string of the molecule is C=Cn1c(C(C)c2cc(C)c(C)[nH]2)cc(C)c1C. The van der Waals surface area contributed by atoms with E-state index in [-0.39, 0.29) is 0 Å². The molecule has 0 aromatic carbocycles. The molecule has 18 heavy (non-hydrogen) atoms. The summed E-state index contributed by atoms with van der Waals surface area (Å²) in [7, 11) is 0. The van der Waals surface area contributed by atoms with Gasteiger partial charge in [0.15, 0.2) is 0 Å². The van der Waals surface area contributed by atoms with E-state index < -0.39 is 0 Å². The second-order valence-electron chi connectivity index (χ2n) is 5.14. The van der Waals surface area contributed by atoms with Crippen LogP contribution in [0.4, 0.5) is 0 Å². The normalized spacial score (nSPS) is 12.7. The number of H-pyrrole nitrogens is 1. The molecule has 0 fully saturated rings. The van der Waals surface area contributed by atoms with E-state index in [4.69, 9.17) is 0 Å². The number of hydrogen-bond donors (Lipinski definition) is 1. The molecule has 0 aliphatic carbocycles. The minimum atomic E-state index is 0.350. The van der Waals surface area contributed by atoms with Crippen LogP contribution in [0.25, 0.3) is 6.20 Å². The molecule has 2 aromatic heterocycles. The van der Waals surface area contributed by atoms with Gasteiger partial charge in [-0.1, -0.05) is 13.5 Å². The first-order valence-corrected chi connectivity index (χ1v) is 6.42. The predicted molar refractivity (Wildman–Crippen MR) is 78.1 cm³/mol. The molecule has 1 atom stereocenters. The highest BCUT2D eigenvalue weighted by molar-refractivity contribution is 5.41. The van der Waals surface area contributed by atoms with Gasteiger partial charge in [-0.3, -0.25) is 0 Å². The number of hydrogen-bond acceptors (Lipinski definition) is 0. The Balaban J connectivity index is 2.48. The van der Waals surface area contributed by atoms with Crippen molar-refractivity contribution >= 4 is 6.20 Å². The maximum atomic E-state index is 3.92. The maximum absolute atomic E-state index is 3.92. The summed E-state index contributed by atoms with van der Waals surface area (Å²) in [4.78, 5) is 3.47. The van der Waals surface area contributed by atoms with Gasteiger partial charge in [-0.25, -0.2) is 0 Å². The summed E-state index contributed by atoms with van der Waals surface area (Å²) in [6, 6.07) is 4.50. The molecule has 2 nitrogen and oxygen atoms in total. The molecule has 0 spiro atoms. The van der Waals surface area contributed by atoms with E-state index in [1.54, 1.807) is 0 Å². The van der Waals surface area contributed by atoms with Crippen molar-refractivity contribution in [1.82, 2.24) is 9.55 Å². The van der Waals surface area contributed by atoms with Crippen LogP contribution in [0.15, 0.2) is 18.7 Å². The summed E-state index contributed by atoms with van der Waals surface area (Å²) in [6.45, 7) is 14.7. The third-order valence-corrected chi connectivity index (χ3v) is 3.96. The molecule has 2 heteroatoms. The molecule has 2 rings (SSSR count). The van der Waals surface area contributed by atoms with Crippen LogP contribution in [0.2, 0.25) is 0 Å². The summed E-state index contributed by atoms with van der Waals surface area (Å²) >= 11 is 0. The molecular formula is C16H22N2. The average molecular weight is 242 g/mol. The van der Waals surface area contributed by atoms with Crippen LogP contribution in [-0.4, -0.2) is 9.55 Å². The number of rotatable bonds is 3. The molecule has 0 saturated heterocycles. The van der Waals surface area contributed by atoms with Crippen molar-refractivity contribution in [2.45, 2.75) is 40.5 Å². The zero-order valence-corrected chi connectivity index (χ0v) is 12.0. The first-order valence-electron chi connectivity index (χ1n) is 6.42. The van der Waals surface area contributed by atoms with E-state index in [9.17, 15) is 0 Å². The number of aromatic nitrogens is 2. The zero-order valence-electron chi connectivity index (χ0n) is 12.0. The van der Waals surface area contributed by atoms with Crippen molar-refractivity contribution in [3.05, 3.63) is 52.6 Å². The lowest BCUT2D eigenvalue weighted by Crippen LogP contribution is -2.03. The van der Waals surface area contributed by atoms with Crippen molar-refractivity contribution in [3.8, 4) is 0 Å². The van der Waals surface area contributed by atoms with Crippen LogP contribution in [0.3, 0.4) is 0 Å². The van der Waals surface area contributed by atoms with Gasteiger partial charge in [0.2, 0.25) is 0 Å². The van der Waals surface area contributed by atoms with Gasteiger partial charge in [-0.2, -0.15) is 0 Å². The molecule has 0 bridgehead atoms.